The zero-order valence-electron chi connectivity index (χ0n) is 15.4. The third kappa shape index (κ3) is 5.05. The summed E-state index contributed by atoms with van der Waals surface area (Å²) in [4.78, 5) is 0. The second kappa shape index (κ2) is 9.07. The molecule has 0 aromatic rings. The maximum Gasteiger partial charge on any atom is 0.460 e. The fourth-order valence-electron chi connectivity index (χ4n) is 2.50. The molecule has 0 aliphatic carbocycles. The molecule has 0 spiro atoms. The molecule has 0 saturated carbocycles. The molecule has 1 unspecified atom stereocenters. The van der Waals surface area contributed by atoms with E-state index in [2.05, 4.69) is 0 Å². The van der Waals surface area contributed by atoms with Gasteiger partial charge in [-0.2, -0.15) is 57.1 Å². The van der Waals surface area contributed by atoms with Gasteiger partial charge in [-0.3, -0.25) is 0 Å². The van der Waals surface area contributed by atoms with Crippen LogP contribution in [0, 0.1) is 5.92 Å². The van der Waals surface area contributed by atoms with Gasteiger partial charge in [0, 0.05) is 5.92 Å². The van der Waals surface area contributed by atoms with E-state index < -0.39 is 48.1 Å². The van der Waals surface area contributed by atoms with Crippen LogP contribution >= 0.6 is 0 Å². The molecule has 0 radical (unpaired) electrons. The molecule has 0 aliphatic rings. The zero-order valence-corrected chi connectivity index (χ0v) is 15.4. The van der Waals surface area contributed by atoms with Gasteiger partial charge in [-0.15, -0.1) is 0 Å². The van der Waals surface area contributed by atoms with Crippen molar-refractivity contribution in [3.05, 3.63) is 0 Å². The molecule has 176 valence electrons. The maximum atomic E-state index is 13.8. The number of unbranched alkanes of at least 4 members (excludes halogenated alkanes) is 5. The summed E-state index contributed by atoms with van der Waals surface area (Å²) in [6.07, 6.45) is -5.41. The van der Waals surface area contributed by atoms with E-state index >= 15 is 0 Å². The lowest BCUT2D eigenvalue weighted by Gasteiger charge is -2.41. The lowest BCUT2D eigenvalue weighted by atomic mass is 9.86. The number of rotatable bonds is 12. The van der Waals surface area contributed by atoms with Gasteiger partial charge in [0.1, 0.15) is 0 Å². The molecule has 13 heteroatoms. The lowest BCUT2D eigenvalue weighted by Crippen LogP contribution is -2.70. The second-order valence-electron chi connectivity index (χ2n) is 6.88. The average Bonchev–Trinajstić information content (AvgIpc) is 2.55. The summed E-state index contributed by atoms with van der Waals surface area (Å²) in [5.74, 6) is -39.1. The van der Waals surface area contributed by atoms with Gasteiger partial charge in [-0.25, -0.2) is 0 Å². The second-order valence-corrected chi connectivity index (χ2v) is 6.88. The summed E-state index contributed by atoms with van der Waals surface area (Å²) in [7, 11) is 0. The van der Waals surface area contributed by atoms with Gasteiger partial charge in [0.05, 0.1) is 0 Å². The first-order valence-electron chi connectivity index (χ1n) is 8.69. The predicted molar refractivity (Wildman–Crippen MR) is 77.9 cm³/mol. The zero-order chi connectivity index (χ0) is 23.5. The van der Waals surface area contributed by atoms with Crippen LogP contribution in [0.3, 0.4) is 0 Å². The van der Waals surface area contributed by atoms with E-state index in [-0.39, 0.29) is 12.8 Å². The van der Waals surface area contributed by atoms with Crippen LogP contribution in [0.25, 0.3) is 0 Å². The molecule has 0 N–H and O–H groups in total. The highest BCUT2D eigenvalue weighted by Crippen LogP contribution is 2.61. The Balaban J connectivity index is 5.58. The highest BCUT2D eigenvalue weighted by Gasteiger charge is 2.90. The van der Waals surface area contributed by atoms with Crippen molar-refractivity contribution in [3.8, 4) is 0 Å². The number of hydrogen-bond acceptors (Lipinski definition) is 0. The van der Waals surface area contributed by atoms with Crippen molar-refractivity contribution in [2.45, 2.75) is 94.6 Å². The molecule has 0 aromatic heterocycles. The molecule has 0 amide bonds. The number of alkyl halides is 13. The Bertz CT molecular complexity index is 507. The van der Waals surface area contributed by atoms with Crippen LogP contribution in [-0.2, 0) is 0 Å². The minimum absolute atomic E-state index is 0.183. The summed E-state index contributed by atoms with van der Waals surface area (Å²) in [5.41, 5.74) is 0. The minimum Gasteiger partial charge on any atom is -0.199 e. The van der Waals surface area contributed by atoms with Crippen molar-refractivity contribution in [2.24, 2.45) is 5.92 Å². The topological polar surface area (TPSA) is 0 Å². The van der Waals surface area contributed by atoms with Crippen molar-refractivity contribution in [1.29, 1.82) is 0 Å². The van der Waals surface area contributed by atoms with Crippen LogP contribution in [0.1, 0.15) is 58.8 Å². The van der Waals surface area contributed by atoms with Crippen molar-refractivity contribution in [1.82, 2.24) is 0 Å². The molecule has 0 fully saturated rings. The minimum atomic E-state index is -7.83. The number of halogens is 13. The van der Waals surface area contributed by atoms with Crippen molar-refractivity contribution in [2.75, 3.05) is 0 Å². The highest BCUT2D eigenvalue weighted by atomic mass is 19.4. The number of hydrogen-bond donors (Lipinski definition) is 0. The van der Waals surface area contributed by atoms with Gasteiger partial charge in [0.2, 0.25) is 0 Å². The summed E-state index contributed by atoms with van der Waals surface area (Å²) >= 11 is 0. The molecular weight excluding hydrogens is 439 g/mol. The molecule has 1 atom stereocenters. The van der Waals surface area contributed by atoms with Gasteiger partial charge in [0.25, 0.3) is 0 Å². The van der Waals surface area contributed by atoms with Crippen molar-refractivity contribution >= 4 is 0 Å². The van der Waals surface area contributed by atoms with E-state index in [4.69, 9.17) is 0 Å². The molecule has 0 nitrogen and oxygen atoms in total. The maximum absolute atomic E-state index is 13.8. The van der Waals surface area contributed by atoms with Gasteiger partial charge in [-0.1, -0.05) is 52.4 Å². The third-order valence-corrected chi connectivity index (χ3v) is 4.57. The molecule has 0 saturated heterocycles. The Kier molecular flexibility index (Phi) is 8.79. The van der Waals surface area contributed by atoms with E-state index in [1.165, 1.54) is 0 Å². The quantitative estimate of drug-likeness (QED) is 0.204. The van der Waals surface area contributed by atoms with Gasteiger partial charge in [-0.05, 0) is 6.42 Å². The van der Waals surface area contributed by atoms with Crippen molar-refractivity contribution < 1.29 is 57.1 Å². The predicted octanol–water partition coefficient (Wildman–Crippen LogP) is 8.11. The molecule has 29 heavy (non-hydrogen) atoms. The molecular formula is C16H21F13. The average molecular weight is 460 g/mol. The van der Waals surface area contributed by atoms with Gasteiger partial charge < -0.3 is 0 Å². The Hall–Kier alpha value is -0.910. The standard InChI is InChI=1S/C16H21F13/c1-3-4-5-6-7-8-9-10(2)11(17,18)12(19,20)13(21,22)14(23,24)15(25,26)16(27,28)29/h10H,3-9H2,1-2H3. The smallest absolute Gasteiger partial charge is 0.199 e. The molecule has 0 bridgehead atoms. The molecule has 0 aliphatic heterocycles. The Morgan fingerprint density at radius 2 is 0.897 bits per heavy atom. The van der Waals surface area contributed by atoms with E-state index in [9.17, 15) is 57.1 Å². The van der Waals surface area contributed by atoms with Crippen LogP contribution < -0.4 is 0 Å². The molecule has 0 aromatic carbocycles. The van der Waals surface area contributed by atoms with E-state index in [0.717, 1.165) is 12.8 Å². The summed E-state index contributed by atoms with van der Waals surface area (Å²) in [6.45, 7) is 2.17. The fourth-order valence-corrected chi connectivity index (χ4v) is 2.50. The lowest BCUT2D eigenvalue weighted by molar-refractivity contribution is -0.443. The van der Waals surface area contributed by atoms with Crippen molar-refractivity contribution in [3.63, 3.8) is 0 Å². The van der Waals surface area contributed by atoms with E-state index in [1.807, 2.05) is 6.92 Å². The van der Waals surface area contributed by atoms with Crippen LogP contribution in [0.2, 0.25) is 0 Å². The largest absolute Gasteiger partial charge is 0.460 e. The fraction of sp³-hybridized carbons (Fsp3) is 1.00. The summed E-state index contributed by atoms with van der Waals surface area (Å²) < 4.78 is 170. The molecule has 0 heterocycles. The summed E-state index contributed by atoms with van der Waals surface area (Å²) in [5, 5.41) is 0. The van der Waals surface area contributed by atoms with Crippen LogP contribution in [0.5, 0.6) is 0 Å². The normalized spacial score (nSPS) is 16.2. The van der Waals surface area contributed by atoms with Crippen LogP contribution in [-0.4, -0.2) is 35.8 Å². The Morgan fingerprint density at radius 1 is 0.517 bits per heavy atom. The first-order valence-corrected chi connectivity index (χ1v) is 8.69. The van der Waals surface area contributed by atoms with Gasteiger partial charge >= 0.3 is 35.8 Å². The molecule has 0 rings (SSSR count). The SMILES string of the molecule is CCCCCCCCC(C)C(F)(F)C(F)(F)C(F)(F)C(F)(F)C(F)(F)C(F)(F)F. The Morgan fingerprint density at radius 3 is 1.31 bits per heavy atom. The van der Waals surface area contributed by atoms with Gasteiger partial charge in [0.15, 0.2) is 0 Å². The first kappa shape index (κ1) is 28.1. The summed E-state index contributed by atoms with van der Waals surface area (Å²) in [6, 6.07) is 0. The highest BCUT2D eigenvalue weighted by molar-refractivity contribution is 5.10. The monoisotopic (exact) mass is 460 g/mol. The van der Waals surface area contributed by atoms with Crippen LogP contribution in [0.15, 0.2) is 0 Å². The van der Waals surface area contributed by atoms with E-state index in [0.29, 0.717) is 19.8 Å². The third-order valence-electron chi connectivity index (χ3n) is 4.57. The van der Waals surface area contributed by atoms with Crippen LogP contribution in [0.4, 0.5) is 57.1 Å². The first-order chi connectivity index (χ1) is 12.7. The van der Waals surface area contributed by atoms with E-state index in [1.54, 1.807) is 0 Å². The Labute approximate surface area is 158 Å².